The molecule has 218 valence electrons. The molecule has 4 rings (SSSR count). The molecule has 41 heavy (non-hydrogen) atoms. The Morgan fingerprint density at radius 3 is 2.73 bits per heavy atom. The number of anilines is 1. The van der Waals surface area contributed by atoms with Gasteiger partial charge in [0, 0.05) is 28.8 Å². The third kappa shape index (κ3) is 6.79. The van der Waals surface area contributed by atoms with E-state index in [2.05, 4.69) is 4.98 Å². The molecule has 1 aromatic heterocycles. The largest absolute Gasteiger partial charge is 0.486 e. The average molecular weight is 607 g/mol. The van der Waals surface area contributed by atoms with Crippen LogP contribution in [0.15, 0.2) is 53.6 Å². The Labute approximate surface area is 242 Å². The normalized spacial score (nSPS) is 15.1. The first-order valence-corrected chi connectivity index (χ1v) is 14.6. The number of nitrogens with zero attached hydrogens (tertiary/aromatic N) is 2. The van der Waals surface area contributed by atoms with E-state index >= 15 is 0 Å². The molecule has 0 bridgehead atoms. The molecule has 0 radical (unpaired) electrons. The first-order valence-electron chi connectivity index (χ1n) is 12.8. The van der Waals surface area contributed by atoms with Gasteiger partial charge in [0.05, 0.1) is 25.9 Å². The van der Waals surface area contributed by atoms with Crippen molar-refractivity contribution < 1.29 is 36.2 Å². The van der Waals surface area contributed by atoms with E-state index in [4.69, 9.17) is 25.8 Å². The Morgan fingerprint density at radius 1 is 1.24 bits per heavy atom. The van der Waals surface area contributed by atoms with E-state index < -0.39 is 28.5 Å². The van der Waals surface area contributed by atoms with E-state index in [1.807, 2.05) is 0 Å². The second-order valence-corrected chi connectivity index (χ2v) is 11.5. The van der Waals surface area contributed by atoms with Crippen LogP contribution in [0.1, 0.15) is 48.4 Å². The number of hydrogen-bond acceptors (Lipinski definition) is 7. The number of fused-ring (bicyclic) bond motifs is 1. The predicted molar refractivity (Wildman–Crippen MR) is 152 cm³/mol. The summed E-state index contributed by atoms with van der Waals surface area (Å²) in [5.41, 5.74) is 1.32. The maximum absolute atomic E-state index is 14.1. The number of esters is 1. The fourth-order valence-corrected chi connectivity index (χ4v) is 6.28. The molecule has 0 N–H and O–H groups in total. The van der Waals surface area contributed by atoms with Gasteiger partial charge in [-0.15, -0.1) is 0 Å². The first-order chi connectivity index (χ1) is 19.5. The second kappa shape index (κ2) is 12.9. The SMILES string of the molecule is CCOc1ncc(C)cc1S(=O)(=O)N1C[C@H](CCC(=O)OC)Oc2ccc(/C=C/c3c(Cl)cccc3C(F)F)cc21. The number of carbonyl (C=O) groups excluding carboxylic acids is 1. The summed E-state index contributed by atoms with van der Waals surface area (Å²) >= 11 is 6.19. The molecular weight excluding hydrogens is 578 g/mol. The van der Waals surface area contributed by atoms with Crippen molar-refractivity contribution in [1.29, 1.82) is 0 Å². The van der Waals surface area contributed by atoms with Crippen molar-refractivity contribution in [3.05, 3.63) is 75.9 Å². The van der Waals surface area contributed by atoms with Crippen molar-refractivity contribution in [1.82, 2.24) is 4.98 Å². The van der Waals surface area contributed by atoms with Crippen molar-refractivity contribution in [2.75, 3.05) is 24.6 Å². The van der Waals surface area contributed by atoms with Gasteiger partial charge in [-0.1, -0.05) is 42.0 Å². The number of alkyl halides is 2. The Balaban J connectivity index is 1.78. The molecule has 2 aromatic carbocycles. The van der Waals surface area contributed by atoms with Crippen molar-refractivity contribution in [2.45, 2.75) is 44.1 Å². The van der Waals surface area contributed by atoms with Crippen molar-refractivity contribution in [3.63, 3.8) is 0 Å². The quantitative estimate of drug-likeness (QED) is 0.193. The minimum absolute atomic E-state index is 0.0334. The standard InChI is InChI=1S/C29H29ClF2N2O6S/c1-4-39-29-26(14-18(2)16-33-29)41(36,37)34-17-20(10-13-27(35)38-3)40-25-12-9-19(15-24(25)34)8-11-21-22(28(31)32)6-5-7-23(21)30/h5-9,11-12,14-16,20,28H,4,10,13,17H2,1-3H3/b11-8+/t20-/m0/s1. The number of aryl methyl sites for hydroxylation is 1. The van der Waals surface area contributed by atoms with E-state index in [1.54, 1.807) is 38.1 Å². The number of aromatic nitrogens is 1. The summed E-state index contributed by atoms with van der Waals surface area (Å²) in [6.07, 6.45) is 1.42. The van der Waals surface area contributed by atoms with E-state index in [-0.39, 0.29) is 64.4 Å². The second-order valence-electron chi connectivity index (χ2n) is 9.24. The molecule has 1 aliphatic heterocycles. The van der Waals surface area contributed by atoms with Gasteiger partial charge < -0.3 is 14.2 Å². The van der Waals surface area contributed by atoms with E-state index in [9.17, 15) is 22.0 Å². The van der Waals surface area contributed by atoms with E-state index in [0.29, 0.717) is 11.1 Å². The Morgan fingerprint density at radius 2 is 2.02 bits per heavy atom. The molecule has 0 spiro atoms. The number of ether oxygens (including phenoxy) is 3. The predicted octanol–water partition coefficient (Wildman–Crippen LogP) is 6.46. The highest BCUT2D eigenvalue weighted by Crippen LogP contribution is 2.40. The van der Waals surface area contributed by atoms with Crippen LogP contribution < -0.4 is 13.8 Å². The monoisotopic (exact) mass is 606 g/mol. The number of benzene rings is 2. The fourth-order valence-electron chi connectivity index (χ4n) is 4.37. The summed E-state index contributed by atoms with van der Waals surface area (Å²) in [6.45, 7) is 3.55. The molecule has 2 heterocycles. The zero-order valence-corrected chi connectivity index (χ0v) is 24.2. The summed E-state index contributed by atoms with van der Waals surface area (Å²) in [7, 11) is -2.96. The van der Waals surface area contributed by atoms with Gasteiger partial charge in [0.25, 0.3) is 16.4 Å². The highest BCUT2D eigenvalue weighted by atomic mass is 35.5. The van der Waals surface area contributed by atoms with Gasteiger partial charge in [0.15, 0.2) is 0 Å². The molecule has 0 aliphatic carbocycles. The molecule has 0 fully saturated rings. The third-order valence-corrected chi connectivity index (χ3v) is 8.49. The van der Waals surface area contributed by atoms with Gasteiger partial charge in [-0.2, -0.15) is 0 Å². The Hall–Kier alpha value is -3.70. The molecule has 3 aromatic rings. The number of sulfonamides is 1. The maximum Gasteiger partial charge on any atom is 0.305 e. The van der Waals surface area contributed by atoms with Crippen molar-refractivity contribution >= 4 is 45.4 Å². The number of hydrogen-bond donors (Lipinski definition) is 0. The lowest BCUT2D eigenvalue weighted by molar-refractivity contribution is -0.141. The van der Waals surface area contributed by atoms with Crippen LogP contribution >= 0.6 is 11.6 Å². The van der Waals surface area contributed by atoms with Crippen molar-refractivity contribution in [2.24, 2.45) is 0 Å². The van der Waals surface area contributed by atoms with Crippen LogP contribution in [-0.2, 0) is 19.6 Å². The van der Waals surface area contributed by atoms with Crippen molar-refractivity contribution in [3.8, 4) is 11.6 Å². The number of halogens is 3. The van der Waals surface area contributed by atoms with Crippen LogP contribution in [0.5, 0.6) is 11.6 Å². The number of carbonyl (C=O) groups is 1. The van der Waals surface area contributed by atoms with Crippen LogP contribution in [0.2, 0.25) is 5.02 Å². The van der Waals surface area contributed by atoms with E-state index in [0.717, 1.165) is 0 Å². The van der Waals surface area contributed by atoms with Gasteiger partial charge in [-0.05, 0) is 55.7 Å². The lowest BCUT2D eigenvalue weighted by atomic mass is 10.0. The smallest absolute Gasteiger partial charge is 0.305 e. The molecule has 12 heteroatoms. The highest BCUT2D eigenvalue weighted by molar-refractivity contribution is 7.93. The molecular formula is C29H29ClF2N2O6S. The van der Waals surface area contributed by atoms with Gasteiger partial charge in [0.1, 0.15) is 16.7 Å². The van der Waals surface area contributed by atoms with Gasteiger partial charge in [-0.3, -0.25) is 9.10 Å². The summed E-state index contributed by atoms with van der Waals surface area (Å²) in [5, 5.41) is 0.161. The summed E-state index contributed by atoms with van der Waals surface area (Å²) in [5.74, 6) is -0.207. The van der Waals surface area contributed by atoms with Gasteiger partial charge >= 0.3 is 5.97 Å². The zero-order chi connectivity index (χ0) is 29.7. The highest BCUT2D eigenvalue weighted by Gasteiger charge is 2.37. The average Bonchev–Trinajstić information content (AvgIpc) is 2.95. The number of methoxy groups -OCH3 is 1. The van der Waals surface area contributed by atoms with Crippen LogP contribution in [0, 0.1) is 6.92 Å². The summed E-state index contributed by atoms with van der Waals surface area (Å²) < 4.78 is 72.9. The van der Waals surface area contributed by atoms with Crippen LogP contribution in [-0.4, -0.2) is 45.7 Å². The molecule has 0 saturated heterocycles. The molecule has 0 amide bonds. The van der Waals surface area contributed by atoms with Crippen LogP contribution in [0.3, 0.4) is 0 Å². The van der Waals surface area contributed by atoms with Gasteiger partial charge in [0.2, 0.25) is 5.88 Å². The van der Waals surface area contributed by atoms with E-state index in [1.165, 1.54) is 48.0 Å². The summed E-state index contributed by atoms with van der Waals surface area (Å²) in [6, 6.07) is 10.6. The van der Waals surface area contributed by atoms with Gasteiger partial charge in [-0.25, -0.2) is 22.2 Å². The number of rotatable bonds is 10. The van der Waals surface area contributed by atoms with Crippen LogP contribution in [0.4, 0.5) is 14.5 Å². The minimum Gasteiger partial charge on any atom is -0.486 e. The molecule has 8 nitrogen and oxygen atoms in total. The Kier molecular flexibility index (Phi) is 9.49. The molecule has 0 saturated carbocycles. The molecule has 0 unspecified atom stereocenters. The molecule has 1 atom stereocenters. The van der Waals surface area contributed by atoms with Crippen LogP contribution in [0.25, 0.3) is 12.2 Å². The zero-order valence-electron chi connectivity index (χ0n) is 22.6. The topological polar surface area (TPSA) is 95.0 Å². The lowest BCUT2D eigenvalue weighted by Gasteiger charge is -2.35. The minimum atomic E-state index is -4.23. The first kappa shape index (κ1) is 30.3. The summed E-state index contributed by atoms with van der Waals surface area (Å²) in [4.78, 5) is 15.8. The third-order valence-electron chi connectivity index (χ3n) is 6.38. The Bertz CT molecular complexity index is 1560. The fraction of sp³-hybridized carbons (Fsp3) is 0.310. The maximum atomic E-state index is 14.1. The number of pyridine rings is 1. The lowest BCUT2D eigenvalue weighted by Crippen LogP contribution is -2.44. The molecule has 1 aliphatic rings.